The minimum Gasteiger partial charge on any atom is -0.380 e. The number of carbonyl (C=O) groups is 1. The molecule has 0 radical (unpaired) electrons. The van der Waals surface area contributed by atoms with Crippen molar-refractivity contribution in [3.8, 4) is 0 Å². The molecule has 1 saturated heterocycles. The van der Waals surface area contributed by atoms with Crippen molar-refractivity contribution in [2.24, 2.45) is 5.41 Å². The molecule has 1 aliphatic heterocycles. The summed E-state index contributed by atoms with van der Waals surface area (Å²) in [7, 11) is 0. The zero-order valence-corrected chi connectivity index (χ0v) is 8.35. The standard InChI is InChI=1S/C9H18N2O2/c1-3-10-4-8(12)11-5-9(2)6-13-7-9/h10H,3-7H2,1-2H3,(H,11,12). The number of amides is 1. The van der Waals surface area contributed by atoms with Gasteiger partial charge in [-0.1, -0.05) is 13.8 Å². The summed E-state index contributed by atoms with van der Waals surface area (Å²) >= 11 is 0. The van der Waals surface area contributed by atoms with E-state index in [0.29, 0.717) is 6.54 Å². The first-order chi connectivity index (χ1) is 6.16. The molecule has 0 bridgehead atoms. The Morgan fingerprint density at radius 2 is 2.23 bits per heavy atom. The summed E-state index contributed by atoms with van der Waals surface area (Å²) in [6.07, 6.45) is 0. The minimum atomic E-state index is 0.0648. The minimum absolute atomic E-state index is 0.0648. The maximum Gasteiger partial charge on any atom is 0.233 e. The molecule has 0 aromatic carbocycles. The number of hydrogen-bond acceptors (Lipinski definition) is 3. The molecule has 0 aromatic heterocycles. The van der Waals surface area contributed by atoms with Gasteiger partial charge in [0.25, 0.3) is 0 Å². The van der Waals surface area contributed by atoms with Crippen molar-refractivity contribution < 1.29 is 9.53 Å². The first-order valence-electron chi connectivity index (χ1n) is 4.71. The Hall–Kier alpha value is -0.610. The number of likely N-dealkylation sites (N-methyl/N-ethyl adjacent to an activating group) is 1. The lowest BCUT2D eigenvalue weighted by atomic mass is 9.89. The first-order valence-corrected chi connectivity index (χ1v) is 4.71. The van der Waals surface area contributed by atoms with E-state index in [1.807, 2.05) is 6.92 Å². The van der Waals surface area contributed by atoms with E-state index in [9.17, 15) is 4.79 Å². The van der Waals surface area contributed by atoms with Gasteiger partial charge in [-0.3, -0.25) is 4.79 Å². The molecule has 1 aliphatic rings. The van der Waals surface area contributed by atoms with Crippen molar-refractivity contribution in [3.05, 3.63) is 0 Å². The SMILES string of the molecule is CCNCC(=O)NCC1(C)COC1. The molecule has 4 heteroatoms. The summed E-state index contributed by atoms with van der Waals surface area (Å²) in [5, 5.41) is 5.86. The second-order valence-corrected chi connectivity index (χ2v) is 3.86. The molecule has 0 aliphatic carbocycles. The third-order valence-electron chi connectivity index (χ3n) is 2.15. The van der Waals surface area contributed by atoms with Gasteiger partial charge in [0, 0.05) is 12.0 Å². The molecule has 2 N–H and O–H groups in total. The number of hydrogen-bond donors (Lipinski definition) is 2. The lowest BCUT2D eigenvalue weighted by Crippen LogP contribution is -2.49. The highest BCUT2D eigenvalue weighted by Crippen LogP contribution is 2.24. The van der Waals surface area contributed by atoms with Crippen molar-refractivity contribution in [1.29, 1.82) is 0 Å². The molecular formula is C9H18N2O2. The van der Waals surface area contributed by atoms with Crippen LogP contribution in [0.5, 0.6) is 0 Å². The lowest BCUT2D eigenvalue weighted by Gasteiger charge is -2.38. The molecule has 1 fully saturated rings. The van der Waals surface area contributed by atoms with Crippen LogP contribution in [0.1, 0.15) is 13.8 Å². The van der Waals surface area contributed by atoms with Crippen LogP contribution in [-0.4, -0.2) is 38.8 Å². The summed E-state index contributed by atoms with van der Waals surface area (Å²) in [5.74, 6) is 0.0648. The predicted octanol–water partition coefficient (Wildman–Crippen LogP) is -0.251. The van der Waals surface area contributed by atoms with E-state index >= 15 is 0 Å². The van der Waals surface area contributed by atoms with E-state index in [-0.39, 0.29) is 11.3 Å². The van der Waals surface area contributed by atoms with Gasteiger partial charge < -0.3 is 15.4 Å². The Morgan fingerprint density at radius 3 is 2.69 bits per heavy atom. The second kappa shape index (κ2) is 4.58. The Morgan fingerprint density at radius 1 is 1.54 bits per heavy atom. The third-order valence-corrected chi connectivity index (χ3v) is 2.15. The number of rotatable bonds is 5. The van der Waals surface area contributed by atoms with Crippen molar-refractivity contribution in [2.75, 3.05) is 32.8 Å². The van der Waals surface area contributed by atoms with Crippen LogP contribution in [0.3, 0.4) is 0 Å². The van der Waals surface area contributed by atoms with Gasteiger partial charge in [-0.25, -0.2) is 0 Å². The van der Waals surface area contributed by atoms with E-state index in [2.05, 4.69) is 17.6 Å². The van der Waals surface area contributed by atoms with E-state index in [0.717, 1.165) is 26.3 Å². The van der Waals surface area contributed by atoms with Crippen LogP contribution in [0.15, 0.2) is 0 Å². The zero-order chi connectivity index (χ0) is 9.73. The zero-order valence-electron chi connectivity index (χ0n) is 8.35. The highest BCUT2D eigenvalue weighted by molar-refractivity contribution is 5.78. The summed E-state index contributed by atoms with van der Waals surface area (Å²) in [6.45, 7) is 7.57. The molecule has 0 saturated carbocycles. The van der Waals surface area contributed by atoms with Gasteiger partial charge in [-0.15, -0.1) is 0 Å². The molecule has 0 unspecified atom stereocenters. The molecule has 0 aromatic rings. The van der Waals surface area contributed by atoms with E-state index in [4.69, 9.17) is 4.74 Å². The highest BCUT2D eigenvalue weighted by Gasteiger charge is 2.33. The maximum absolute atomic E-state index is 11.2. The Balaban J connectivity index is 2.07. The topological polar surface area (TPSA) is 50.4 Å². The van der Waals surface area contributed by atoms with Crippen molar-refractivity contribution >= 4 is 5.91 Å². The molecule has 1 heterocycles. The van der Waals surface area contributed by atoms with Gasteiger partial charge in [0.2, 0.25) is 5.91 Å². The van der Waals surface area contributed by atoms with Crippen LogP contribution in [0, 0.1) is 5.41 Å². The fourth-order valence-corrected chi connectivity index (χ4v) is 1.17. The summed E-state index contributed by atoms with van der Waals surface area (Å²) in [4.78, 5) is 11.2. The first kappa shape index (κ1) is 10.5. The average molecular weight is 186 g/mol. The van der Waals surface area contributed by atoms with Gasteiger partial charge >= 0.3 is 0 Å². The molecular weight excluding hydrogens is 168 g/mol. The van der Waals surface area contributed by atoms with Gasteiger partial charge in [-0.2, -0.15) is 0 Å². The molecule has 1 rings (SSSR count). The molecule has 1 amide bonds. The number of ether oxygens (including phenoxy) is 1. The van der Waals surface area contributed by atoms with Crippen LogP contribution in [0.4, 0.5) is 0 Å². The molecule has 76 valence electrons. The van der Waals surface area contributed by atoms with Crippen LogP contribution < -0.4 is 10.6 Å². The maximum atomic E-state index is 11.2. The van der Waals surface area contributed by atoms with E-state index in [1.165, 1.54) is 0 Å². The molecule has 13 heavy (non-hydrogen) atoms. The Bertz CT molecular complexity index is 178. The fraction of sp³-hybridized carbons (Fsp3) is 0.889. The third kappa shape index (κ3) is 3.32. The summed E-state index contributed by atoms with van der Waals surface area (Å²) < 4.78 is 5.08. The molecule has 0 atom stereocenters. The van der Waals surface area contributed by atoms with Crippen molar-refractivity contribution in [2.45, 2.75) is 13.8 Å². The van der Waals surface area contributed by atoms with Gasteiger partial charge in [0.05, 0.1) is 19.8 Å². The van der Waals surface area contributed by atoms with Gasteiger partial charge in [0.1, 0.15) is 0 Å². The quantitative estimate of drug-likeness (QED) is 0.622. The summed E-state index contributed by atoms with van der Waals surface area (Å²) in [6, 6.07) is 0. The van der Waals surface area contributed by atoms with E-state index < -0.39 is 0 Å². The van der Waals surface area contributed by atoms with Crippen LogP contribution >= 0.6 is 0 Å². The van der Waals surface area contributed by atoms with Crippen molar-refractivity contribution in [3.63, 3.8) is 0 Å². The Labute approximate surface area is 79.0 Å². The van der Waals surface area contributed by atoms with Crippen LogP contribution in [-0.2, 0) is 9.53 Å². The van der Waals surface area contributed by atoms with Crippen LogP contribution in [0.25, 0.3) is 0 Å². The monoisotopic (exact) mass is 186 g/mol. The fourth-order valence-electron chi connectivity index (χ4n) is 1.17. The Kier molecular flexibility index (Phi) is 3.69. The van der Waals surface area contributed by atoms with Gasteiger partial charge in [-0.05, 0) is 6.54 Å². The molecule has 4 nitrogen and oxygen atoms in total. The smallest absolute Gasteiger partial charge is 0.233 e. The predicted molar refractivity (Wildman–Crippen MR) is 50.5 cm³/mol. The van der Waals surface area contributed by atoms with Crippen LogP contribution in [0.2, 0.25) is 0 Å². The summed E-state index contributed by atoms with van der Waals surface area (Å²) in [5.41, 5.74) is 0.169. The molecule has 0 spiro atoms. The van der Waals surface area contributed by atoms with E-state index in [1.54, 1.807) is 0 Å². The second-order valence-electron chi connectivity index (χ2n) is 3.86. The van der Waals surface area contributed by atoms with Gasteiger partial charge in [0.15, 0.2) is 0 Å². The normalized spacial score (nSPS) is 19.2. The largest absolute Gasteiger partial charge is 0.380 e. The highest BCUT2D eigenvalue weighted by atomic mass is 16.5. The number of carbonyl (C=O) groups excluding carboxylic acids is 1. The average Bonchev–Trinajstić information content (AvgIpc) is 2.08. The number of nitrogens with one attached hydrogen (secondary N) is 2. The lowest BCUT2D eigenvalue weighted by molar-refractivity contribution is -0.126. The van der Waals surface area contributed by atoms with Crippen molar-refractivity contribution in [1.82, 2.24) is 10.6 Å².